The molecule has 1 aliphatic rings. The van der Waals surface area contributed by atoms with E-state index in [-0.39, 0.29) is 6.04 Å². The van der Waals surface area contributed by atoms with E-state index in [2.05, 4.69) is 19.0 Å². The van der Waals surface area contributed by atoms with Gasteiger partial charge in [0.25, 0.3) is 0 Å². The Balaban J connectivity index is 2.26. The molecule has 1 fully saturated rings. The largest absolute Gasteiger partial charge is 0.306 e. The van der Waals surface area contributed by atoms with E-state index in [0.29, 0.717) is 0 Å². The first-order valence-electron chi connectivity index (χ1n) is 4.07. The van der Waals surface area contributed by atoms with Crippen LogP contribution in [0.2, 0.25) is 0 Å². The van der Waals surface area contributed by atoms with E-state index in [1.165, 1.54) is 12.8 Å². The standard InChI is InChI=1S/C8H17N2/c1-10(2)8-5-3-7(9)4-6-8/h7-9H,3-6H2,1-2H3. The second kappa shape index (κ2) is 3.35. The number of rotatable bonds is 1. The Morgan fingerprint density at radius 1 is 1.10 bits per heavy atom. The molecule has 59 valence electrons. The lowest BCUT2D eigenvalue weighted by Crippen LogP contribution is -2.33. The van der Waals surface area contributed by atoms with Crippen molar-refractivity contribution in [1.29, 1.82) is 0 Å². The minimum Gasteiger partial charge on any atom is -0.306 e. The van der Waals surface area contributed by atoms with Crippen LogP contribution < -0.4 is 5.73 Å². The van der Waals surface area contributed by atoms with E-state index in [0.717, 1.165) is 18.9 Å². The topological polar surface area (TPSA) is 27.0 Å². The smallest absolute Gasteiger partial charge is 0.0214 e. The third kappa shape index (κ3) is 1.96. The normalized spacial score (nSPS) is 34.8. The molecule has 0 aromatic rings. The fourth-order valence-corrected chi connectivity index (χ4v) is 1.59. The van der Waals surface area contributed by atoms with E-state index in [1.54, 1.807) is 0 Å². The second-order valence-electron chi connectivity index (χ2n) is 3.47. The van der Waals surface area contributed by atoms with Gasteiger partial charge in [0.2, 0.25) is 0 Å². The number of nitrogens with one attached hydrogen (secondary N) is 1. The SMILES string of the molecule is CN(C)C1CCC([NH])CC1. The molecule has 1 aliphatic carbocycles. The Labute approximate surface area is 63.4 Å². The molecule has 0 amide bonds. The van der Waals surface area contributed by atoms with Crippen LogP contribution in [0, 0.1) is 0 Å². The number of nitrogens with zero attached hydrogens (tertiary/aromatic N) is 1. The van der Waals surface area contributed by atoms with Crippen molar-refractivity contribution in [2.24, 2.45) is 0 Å². The molecule has 0 aliphatic heterocycles. The van der Waals surface area contributed by atoms with E-state index in [4.69, 9.17) is 5.73 Å². The van der Waals surface area contributed by atoms with Gasteiger partial charge in [-0.25, -0.2) is 0 Å². The summed E-state index contributed by atoms with van der Waals surface area (Å²) in [7, 11) is 4.27. The highest BCUT2D eigenvalue weighted by atomic mass is 15.1. The van der Waals surface area contributed by atoms with Crippen LogP contribution in [0.3, 0.4) is 0 Å². The lowest BCUT2D eigenvalue weighted by atomic mass is 9.91. The summed E-state index contributed by atoms with van der Waals surface area (Å²) in [5, 5.41) is 0. The summed E-state index contributed by atoms with van der Waals surface area (Å²) in [6.45, 7) is 0. The molecule has 0 unspecified atom stereocenters. The summed E-state index contributed by atoms with van der Waals surface area (Å²) in [5.41, 5.74) is 7.48. The van der Waals surface area contributed by atoms with Crippen LogP contribution in [-0.2, 0) is 0 Å². The summed E-state index contributed by atoms with van der Waals surface area (Å²) in [6.07, 6.45) is 4.65. The zero-order valence-corrected chi connectivity index (χ0v) is 6.93. The quantitative estimate of drug-likeness (QED) is 0.538. The highest BCUT2D eigenvalue weighted by Gasteiger charge is 2.19. The average Bonchev–Trinajstić information content (AvgIpc) is 1.88. The van der Waals surface area contributed by atoms with Gasteiger partial charge in [-0.1, -0.05) is 0 Å². The molecule has 1 N–H and O–H groups in total. The predicted octanol–water partition coefficient (Wildman–Crippen LogP) is 1.14. The zero-order chi connectivity index (χ0) is 7.56. The van der Waals surface area contributed by atoms with Crippen LogP contribution in [0.5, 0.6) is 0 Å². The van der Waals surface area contributed by atoms with E-state index in [9.17, 15) is 0 Å². The first-order valence-corrected chi connectivity index (χ1v) is 4.07. The molecule has 1 saturated carbocycles. The van der Waals surface area contributed by atoms with Crippen LogP contribution in [-0.4, -0.2) is 31.1 Å². The van der Waals surface area contributed by atoms with Gasteiger partial charge in [-0.05, 0) is 39.8 Å². The third-order valence-corrected chi connectivity index (χ3v) is 2.43. The highest BCUT2D eigenvalue weighted by Crippen LogP contribution is 2.20. The predicted molar refractivity (Wildman–Crippen MR) is 42.8 cm³/mol. The summed E-state index contributed by atoms with van der Waals surface area (Å²) < 4.78 is 0. The Hall–Kier alpha value is -0.0800. The minimum absolute atomic E-state index is 0.233. The minimum atomic E-state index is 0.233. The lowest BCUT2D eigenvalue weighted by Gasteiger charge is -2.30. The van der Waals surface area contributed by atoms with Crippen molar-refractivity contribution in [3.05, 3.63) is 0 Å². The van der Waals surface area contributed by atoms with Crippen molar-refractivity contribution in [2.45, 2.75) is 37.8 Å². The first-order chi connectivity index (χ1) is 4.70. The molecule has 0 heterocycles. The van der Waals surface area contributed by atoms with Crippen LogP contribution in [0.15, 0.2) is 0 Å². The molecule has 2 heteroatoms. The molecule has 0 spiro atoms. The van der Waals surface area contributed by atoms with Crippen molar-refractivity contribution in [2.75, 3.05) is 14.1 Å². The summed E-state index contributed by atoms with van der Waals surface area (Å²) in [6, 6.07) is 0.984. The molecular weight excluding hydrogens is 124 g/mol. The van der Waals surface area contributed by atoms with Gasteiger partial charge < -0.3 is 4.90 Å². The van der Waals surface area contributed by atoms with Gasteiger partial charge in [-0.2, -0.15) is 0 Å². The van der Waals surface area contributed by atoms with Crippen molar-refractivity contribution in [1.82, 2.24) is 10.6 Å². The first kappa shape index (κ1) is 8.02. The third-order valence-electron chi connectivity index (χ3n) is 2.43. The highest BCUT2D eigenvalue weighted by molar-refractivity contribution is 4.77. The van der Waals surface area contributed by atoms with Gasteiger partial charge in [-0.3, -0.25) is 5.73 Å². The van der Waals surface area contributed by atoms with E-state index < -0.39 is 0 Å². The molecule has 0 bridgehead atoms. The van der Waals surface area contributed by atoms with E-state index >= 15 is 0 Å². The number of hydrogen-bond acceptors (Lipinski definition) is 1. The van der Waals surface area contributed by atoms with Crippen LogP contribution in [0.4, 0.5) is 0 Å². The Kier molecular flexibility index (Phi) is 2.69. The molecule has 0 atom stereocenters. The van der Waals surface area contributed by atoms with Gasteiger partial charge in [0.05, 0.1) is 0 Å². The average molecular weight is 141 g/mol. The monoisotopic (exact) mass is 141 g/mol. The van der Waals surface area contributed by atoms with Crippen molar-refractivity contribution < 1.29 is 0 Å². The maximum atomic E-state index is 7.48. The van der Waals surface area contributed by atoms with Gasteiger partial charge in [0.1, 0.15) is 0 Å². The molecule has 2 nitrogen and oxygen atoms in total. The molecular formula is C8H17N2. The van der Waals surface area contributed by atoms with Gasteiger partial charge in [0, 0.05) is 12.1 Å². The Morgan fingerprint density at radius 3 is 2.00 bits per heavy atom. The molecule has 0 saturated heterocycles. The second-order valence-corrected chi connectivity index (χ2v) is 3.47. The summed E-state index contributed by atoms with van der Waals surface area (Å²) in [5.74, 6) is 0. The lowest BCUT2D eigenvalue weighted by molar-refractivity contribution is 0.215. The molecule has 1 rings (SSSR count). The van der Waals surface area contributed by atoms with Gasteiger partial charge in [-0.15, -0.1) is 0 Å². The fourth-order valence-electron chi connectivity index (χ4n) is 1.59. The zero-order valence-electron chi connectivity index (χ0n) is 6.93. The van der Waals surface area contributed by atoms with Crippen molar-refractivity contribution in [3.63, 3.8) is 0 Å². The van der Waals surface area contributed by atoms with Crippen molar-refractivity contribution >= 4 is 0 Å². The van der Waals surface area contributed by atoms with Crippen LogP contribution in [0.25, 0.3) is 0 Å². The summed E-state index contributed by atoms with van der Waals surface area (Å²) >= 11 is 0. The molecule has 10 heavy (non-hydrogen) atoms. The van der Waals surface area contributed by atoms with Gasteiger partial charge >= 0.3 is 0 Å². The Bertz CT molecular complexity index is 93.4. The molecule has 0 aromatic heterocycles. The van der Waals surface area contributed by atoms with Gasteiger partial charge in [0.15, 0.2) is 0 Å². The fraction of sp³-hybridized carbons (Fsp3) is 1.00. The van der Waals surface area contributed by atoms with Crippen molar-refractivity contribution in [3.8, 4) is 0 Å². The molecule has 1 radical (unpaired) electrons. The maximum absolute atomic E-state index is 7.48. The maximum Gasteiger partial charge on any atom is 0.0214 e. The molecule has 0 aromatic carbocycles. The van der Waals surface area contributed by atoms with Crippen LogP contribution >= 0.6 is 0 Å². The number of hydrogen-bond donors (Lipinski definition) is 0. The Morgan fingerprint density at radius 2 is 1.60 bits per heavy atom. The van der Waals surface area contributed by atoms with E-state index in [1.807, 2.05) is 0 Å². The summed E-state index contributed by atoms with van der Waals surface area (Å²) in [4.78, 5) is 2.28. The van der Waals surface area contributed by atoms with Crippen LogP contribution in [0.1, 0.15) is 25.7 Å².